The largest absolute Gasteiger partial charge is 0.416 e. The molecule has 0 bridgehead atoms. The lowest BCUT2D eigenvalue weighted by Gasteiger charge is -2.28. The number of halogens is 3. The van der Waals surface area contributed by atoms with Crippen LogP contribution in [-0.2, 0) is 33.8 Å². The van der Waals surface area contributed by atoms with E-state index in [-0.39, 0.29) is 18.4 Å². The Hall–Kier alpha value is -3.21. The Morgan fingerprint density at radius 3 is 2.44 bits per heavy atom. The monoisotopic (exact) mass is 641 g/mol. The lowest BCUT2D eigenvalue weighted by Crippen LogP contribution is -2.36. The SMILES string of the molecule is O=C(C[C@@H](NS(=O)(=O)c1cccc(C(F)(F)F)c1)c1ccccc1)NC1CCCc2cc(CCCNCC3CCCC3)ccc21. The number of nitrogens with one attached hydrogen (secondary N) is 3. The van der Waals surface area contributed by atoms with Gasteiger partial charge >= 0.3 is 6.18 Å². The van der Waals surface area contributed by atoms with Crippen LogP contribution < -0.4 is 15.4 Å². The molecule has 0 aromatic heterocycles. The number of hydrogen-bond donors (Lipinski definition) is 3. The third-order valence-electron chi connectivity index (χ3n) is 8.94. The fourth-order valence-corrected chi connectivity index (χ4v) is 7.83. The van der Waals surface area contributed by atoms with Crippen molar-refractivity contribution < 1.29 is 26.4 Å². The quantitative estimate of drug-likeness (QED) is 0.175. The highest BCUT2D eigenvalue weighted by atomic mass is 32.2. The minimum atomic E-state index is -4.69. The van der Waals surface area contributed by atoms with E-state index >= 15 is 0 Å². The maximum atomic E-state index is 13.4. The maximum Gasteiger partial charge on any atom is 0.416 e. The van der Waals surface area contributed by atoms with Gasteiger partial charge in [0.15, 0.2) is 0 Å². The van der Waals surface area contributed by atoms with Crippen molar-refractivity contribution in [1.82, 2.24) is 15.4 Å². The molecule has 0 radical (unpaired) electrons. The van der Waals surface area contributed by atoms with Crippen molar-refractivity contribution in [2.24, 2.45) is 5.92 Å². The third-order valence-corrected chi connectivity index (χ3v) is 10.4. The number of benzene rings is 3. The second-order valence-electron chi connectivity index (χ2n) is 12.3. The molecule has 3 N–H and O–H groups in total. The van der Waals surface area contributed by atoms with Gasteiger partial charge in [-0.05, 0) is 104 Å². The van der Waals surface area contributed by atoms with Crippen LogP contribution in [0.3, 0.4) is 0 Å². The molecule has 242 valence electrons. The smallest absolute Gasteiger partial charge is 0.349 e. The van der Waals surface area contributed by atoms with E-state index in [9.17, 15) is 26.4 Å². The fourth-order valence-electron chi connectivity index (χ4n) is 6.56. The Labute approximate surface area is 264 Å². The highest BCUT2D eigenvalue weighted by molar-refractivity contribution is 7.89. The van der Waals surface area contributed by atoms with Crippen LogP contribution in [0.5, 0.6) is 0 Å². The Morgan fingerprint density at radius 2 is 1.69 bits per heavy atom. The van der Waals surface area contributed by atoms with Crippen molar-refractivity contribution >= 4 is 15.9 Å². The van der Waals surface area contributed by atoms with E-state index in [1.165, 1.54) is 36.8 Å². The minimum Gasteiger partial charge on any atom is -0.349 e. The van der Waals surface area contributed by atoms with Crippen LogP contribution in [0.25, 0.3) is 0 Å². The molecule has 45 heavy (non-hydrogen) atoms. The van der Waals surface area contributed by atoms with E-state index in [1.54, 1.807) is 30.3 Å². The van der Waals surface area contributed by atoms with E-state index in [4.69, 9.17) is 0 Å². The first-order valence-electron chi connectivity index (χ1n) is 15.9. The molecule has 1 unspecified atom stereocenters. The van der Waals surface area contributed by atoms with Crippen LogP contribution in [0.2, 0.25) is 0 Å². The van der Waals surface area contributed by atoms with E-state index in [0.29, 0.717) is 11.6 Å². The van der Waals surface area contributed by atoms with Gasteiger partial charge in [0.05, 0.1) is 22.5 Å². The van der Waals surface area contributed by atoms with Crippen molar-refractivity contribution in [2.75, 3.05) is 13.1 Å². The van der Waals surface area contributed by atoms with Crippen molar-refractivity contribution in [3.8, 4) is 0 Å². The van der Waals surface area contributed by atoms with Crippen molar-refractivity contribution in [2.45, 2.75) is 87.4 Å². The van der Waals surface area contributed by atoms with E-state index in [2.05, 4.69) is 33.6 Å². The molecule has 2 aliphatic rings. The molecule has 0 spiro atoms. The summed E-state index contributed by atoms with van der Waals surface area (Å²) >= 11 is 0. The fraction of sp³-hybridized carbons (Fsp3) is 0.457. The van der Waals surface area contributed by atoms with E-state index < -0.39 is 32.7 Å². The summed E-state index contributed by atoms with van der Waals surface area (Å²) in [4.78, 5) is 12.9. The molecular formula is C35H42F3N3O3S. The maximum absolute atomic E-state index is 13.4. The summed E-state index contributed by atoms with van der Waals surface area (Å²) in [5.74, 6) is 0.491. The molecular weight excluding hydrogens is 599 g/mol. The lowest BCUT2D eigenvalue weighted by molar-refractivity contribution is -0.137. The number of fused-ring (bicyclic) bond motifs is 1. The molecule has 1 fully saturated rings. The molecule has 2 atom stereocenters. The topological polar surface area (TPSA) is 87.3 Å². The van der Waals surface area contributed by atoms with Crippen LogP contribution in [0, 0.1) is 5.92 Å². The van der Waals surface area contributed by atoms with Gasteiger partial charge in [0.25, 0.3) is 0 Å². The van der Waals surface area contributed by atoms with Gasteiger partial charge < -0.3 is 10.6 Å². The number of alkyl halides is 3. The summed E-state index contributed by atoms with van der Waals surface area (Å²) in [5, 5.41) is 6.72. The average Bonchev–Trinajstić information content (AvgIpc) is 3.54. The van der Waals surface area contributed by atoms with Crippen LogP contribution in [0.4, 0.5) is 13.2 Å². The second-order valence-corrected chi connectivity index (χ2v) is 14.0. The predicted octanol–water partition coefficient (Wildman–Crippen LogP) is 7.02. The van der Waals surface area contributed by atoms with Crippen LogP contribution in [-0.4, -0.2) is 27.4 Å². The number of hydrogen-bond acceptors (Lipinski definition) is 4. The first-order chi connectivity index (χ1) is 21.6. The Kier molecular flexibility index (Phi) is 11.0. The standard InChI is InChI=1S/C35H42F3N3O3S/c36-35(37,38)29-15-7-16-30(22-29)45(43,44)41-33(27-12-2-1-3-13-27)23-34(42)40-32-17-6-14-28-21-25(18-19-31(28)32)11-8-20-39-24-26-9-4-5-10-26/h1-3,7,12-13,15-16,18-19,21-22,26,32-33,39,41H,4-6,8-11,14,17,20,23-24H2,(H,40,42)/t32?,33-/m1/s1. The van der Waals surface area contributed by atoms with Gasteiger partial charge in [-0.3, -0.25) is 4.79 Å². The van der Waals surface area contributed by atoms with Gasteiger partial charge in [0, 0.05) is 6.42 Å². The van der Waals surface area contributed by atoms with Gasteiger partial charge in [-0.25, -0.2) is 13.1 Å². The first kappa shape index (κ1) is 33.2. The zero-order chi connectivity index (χ0) is 31.9. The number of carbonyl (C=O) groups is 1. The highest BCUT2D eigenvalue weighted by Gasteiger charge is 2.33. The molecule has 2 aliphatic carbocycles. The number of carbonyl (C=O) groups excluding carboxylic acids is 1. The van der Waals surface area contributed by atoms with Crippen molar-refractivity contribution in [3.05, 3.63) is 101 Å². The Morgan fingerprint density at radius 1 is 0.911 bits per heavy atom. The molecule has 10 heteroatoms. The highest BCUT2D eigenvalue weighted by Crippen LogP contribution is 2.33. The third kappa shape index (κ3) is 9.17. The van der Waals surface area contributed by atoms with E-state index in [1.807, 2.05) is 0 Å². The summed E-state index contributed by atoms with van der Waals surface area (Å²) < 4.78 is 68.7. The van der Waals surface area contributed by atoms with E-state index in [0.717, 1.165) is 74.9 Å². The number of sulfonamides is 1. The van der Waals surface area contributed by atoms with Gasteiger partial charge in [0.2, 0.25) is 15.9 Å². The zero-order valence-electron chi connectivity index (χ0n) is 25.4. The minimum absolute atomic E-state index is 0.195. The normalized spacial score (nSPS) is 18.0. The lowest BCUT2D eigenvalue weighted by atomic mass is 9.86. The Balaban J connectivity index is 1.22. The first-order valence-corrected chi connectivity index (χ1v) is 17.4. The summed E-state index contributed by atoms with van der Waals surface area (Å²) in [6.07, 6.45) is 5.22. The molecule has 0 aliphatic heterocycles. The number of aryl methyl sites for hydroxylation is 2. The molecule has 0 saturated heterocycles. The molecule has 6 nitrogen and oxygen atoms in total. The summed E-state index contributed by atoms with van der Waals surface area (Å²) in [5.41, 5.74) is 3.08. The van der Waals surface area contributed by atoms with Crippen LogP contribution in [0.1, 0.15) is 91.3 Å². The molecule has 3 aromatic carbocycles. The summed E-state index contributed by atoms with van der Waals surface area (Å²) in [6.45, 7) is 2.12. The zero-order valence-corrected chi connectivity index (χ0v) is 26.2. The van der Waals surface area contributed by atoms with Gasteiger partial charge in [-0.2, -0.15) is 13.2 Å². The molecule has 5 rings (SSSR count). The van der Waals surface area contributed by atoms with Gasteiger partial charge in [-0.1, -0.05) is 67.4 Å². The number of amides is 1. The molecule has 3 aromatic rings. The molecule has 0 heterocycles. The Bertz CT molecular complexity index is 1540. The number of rotatable bonds is 13. The molecule has 1 saturated carbocycles. The van der Waals surface area contributed by atoms with Crippen LogP contribution in [0.15, 0.2) is 77.7 Å². The van der Waals surface area contributed by atoms with Crippen molar-refractivity contribution in [1.29, 1.82) is 0 Å². The van der Waals surface area contributed by atoms with Gasteiger partial charge in [-0.15, -0.1) is 0 Å². The van der Waals surface area contributed by atoms with Crippen molar-refractivity contribution in [3.63, 3.8) is 0 Å². The average molecular weight is 642 g/mol. The van der Waals surface area contributed by atoms with Gasteiger partial charge in [0.1, 0.15) is 0 Å². The summed E-state index contributed by atoms with van der Waals surface area (Å²) in [7, 11) is -4.37. The van der Waals surface area contributed by atoms with Crippen LogP contribution >= 0.6 is 0 Å². The summed E-state index contributed by atoms with van der Waals surface area (Å²) in [6, 6.07) is 17.5. The predicted molar refractivity (Wildman–Crippen MR) is 169 cm³/mol. The molecule has 1 amide bonds. The second kappa shape index (κ2) is 14.9.